The van der Waals surface area contributed by atoms with Crippen LogP contribution in [-0.4, -0.2) is 24.6 Å². The lowest BCUT2D eigenvalue weighted by Crippen LogP contribution is -2.20. The van der Waals surface area contributed by atoms with E-state index in [1.807, 2.05) is 62.4 Å². The summed E-state index contributed by atoms with van der Waals surface area (Å²) in [5.74, 6) is 1.59. The van der Waals surface area contributed by atoms with Crippen LogP contribution in [0.3, 0.4) is 0 Å². The predicted molar refractivity (Wildman–Crippen MR) is 111 cm³/mol. The summed E-state index contributed by atoms with van der Waals surface area (Å²) in [5, 5.41) is 5.99. The van der Waals surface area contributed by atoms with Gasteiger partial charge in [-0.3, -0.25) is 4.79 Å². The number of amides is 1. The Balaban J connectivity index is 1.56. The molecule has 6 heteroatoms. The molecule has 0 saturated carbocycles. The zero-order valence-electron chi connectivity index (χ0n) is 16.2. The number of nitrogens with zero attached hydrogens (tertiary/aromatic N) is 1. The average Bonchev–Trinajstić information content (AvgIpc) is 2.69. The summed E-state index contributed by atoms with van der Waals surface area (Å²) in [6.45, 7) is 3.93. The molecule has 0 radical (unpaired) electrons. The van der Waals surface area contributed by atoms with E-state index in [0.717, 1.165) is 28.3 Å². The summed E-state index contributed by atoms with van der Waals surface area (Å²) in [5.41, 5.74) is 3.90. The summed E-state index contributed by atoms with van der Waals surface area (Å²) in [7, 11) is 1.63. The van der Waals surface area contributed by atoms with Gasteiger partial charge < -0.3 is 20.1 Å². The molecule has 0 aliphatic rings. The molecular weight excluding hydrogens is 354 g/mol. The molecule has 28 heavy (non-hydrogen) atoms. The maximum atomic E-state index is 12.0. The number of pyridine rings is 1. The summed E-state index contributed by atoms with van der Waals surface area (Å²) < 4.78 is 10.8. The molecule has 0 saturated heterocycles. The van der Waals surface area contributed by atoms with Gasteiger partial charge in [-0.2, -0.15) is 0 Å². The Kier molecular flexibility index (Phi) is 6.11. The van der Waals surface area contributed by atoms with Crippen molar-refractivity contribution in [1.82, 2.24) is 4.98 Å². The first-order valence-corrected chi connectivity index (χ1v) is 8.90. The van der Waals surface area contributed by atoms with Crippen molar-refractivity contribution in [2.24, 2.45) is 0 Å². The molecular formula is C22H23N3O3. The molecule has 2 aromatic carbocycles. The van der Waals surface area contributed by atoms with Crippen LogP contribution in [-0.2, 0) is 4.79 Å². The number of carbonyl (C=O) groups is 1. The number of hydrogen-bond donors (Lipinski definition) is 2. The average molecular weight is 377 g/mol. The van der Waals surface area contributed by atoms with E-state index in [-0.39, 0.29) is 12.5 Å². The zero-order valence-corrected chi connectivity index (χ0v) is 16.2. The Hall–Kier alpha value is -3.54. The van der Waals surface area contributed by atoms with Crippen LogP contribution in [0.15, 0.2) is 60.8 Å². The van der Waals surface area contributed by atoms with Crippen molar-refractivity contribution >= 4 is 23.1 Å². The minimum Gasteiger partial charge on any atom is -0.495 e. The number of methoxy groups -OCH3 is 1. The molecule has 144 valence electrons. The van der Waals surface area contributed by atoms with Crippen LogP contribution in [0.25, 0.3) is 0 Å². The van der Waals surface area contributed by atoms with Gasteiger partial charge in [0.25, 0.3) is 5.91 Å². The van der Waals surface area contributed by atoms with Gasteiger partial charge in [-0.25, -0.2) is 4.98 Å². The van der Waals surface area contributed by atoms with Gasteiger partial charge >= 0.3 is 0 Å². The second-order valence-corrected chi connectivity index (χ2v) is 6.41. The first-order valence-electron chi connectivity index (χ1n) is 8.90. The fourth-order valence-corrected chi connectivity index (χ4v) is 2.58. The smallest absolute Gasteiger partial charge is 0.263 e. The fourth-order valence-electron chi connectivity index (χ4n) is 2.58. The summed E-state index contributed by atoms with van der Waals surface area (Å²) in [4.78, 5) is 16.3. The number of rotatable bonds is 7. The van der Waals surface area contributed by atoms with Crippen molar-refractivity contribution in [1.29, 1.82) is 0 Å². The SMILES string of the molecule is COc1ccc(C)cc1Nc1ccc(NC(=O)COc2ccc(C)cc2)nc1. The van der Waals surface area contributed by atoms with Crippen LogP contribution in [0.4, 0.5) is 17.2 Å². The molecule has 0 atom stereocenters. The highest BCUT2D eigenvalue weighted by Gasteiger charge is 2.07. The third-order valence-corrected chi connectivity index (χ3v) is 4.06. The van der Waals surface area contributed by atoms with E-state index in [9.17, 15) is 4.79 Å². The Morgan fingerprint density at radius 1 is 1.00 bits per heavy atom. The van der Waals surface area contributed by atoms with Crippen molar-refractivity contribution in [2.75, 3.05) is 24.4 Å². The predicted octanol–water partition coefficient (Wildman–Crippen LogP) is 4.47. The van der Waals surface area contributed by atoms with Gasteiger partial charge in [0.15, 0.2) is 6.61 Å². The van der Waals surface area contributed by atoms with E-state index in [4.69, 9.17) is 9.47 Å². The third-order valence-electron chi connectivity index (χ3n) is 4.06. The third kappa shape index (κ3) is 5.23. The number of benzene rings is 2. The van der Waals surface area contributed by atoms with E-state index >= 15 is 0 Å². The number of ether oxygens (including phenoxy) is 2. The highest BCUT2D eigenvalue weighted by Crippen LogP contribution is 2.28. The monoisotopic (exact) mass is 377 g/mol. The lowest BCUT2D eigenvalue weighted by atomic mass is 10.2. The number of anilines is 3. The van der Waals surface area contributed by atoms with Crippen molar-refractivity contribution < 1.29 is 14.3 Å². The van der Waals surface area contributed by atoms with Gasteiger partial charge in [-0.1, -0.05) is 23.8 Å². The largest absolute Gasteiger partial charge is 0.495 e. The molecule has 0 aliphatic carbocycles. The molecule has 0 bridgehead atoms. The van der Waals surface area contributed by atoms with Gasteiger partial charge in [-0.15, -0.1) is 0 Å². The van der Waals surface area contributed by atoms with Gasteiger partial charge in [0, 0.05) is 0 Å². The Morgan fingerprint density at radius 3 is 2.43 bits per heavy atom. The lowest BCUT2D eigenvalue weighted by molar-refractivity contribution is -0.118. The minimum atomic E-state index is -0.269. The first-order chi connectivity index (χ1) is 13.5. The topological polar surface area (TPSA) is 72.5 Å². The number of carbonyl (C=O) groups excluding carboxylic acids is 1. The molecule has 3 aromatic rings. The zero-order chi connectivity index (χ0) is 19.9. The number of hydrogen-bond acceptors (Lipinski definition) is 5. The van der Waals surface area contributed by atoms with Gasteiger partial charge in [-0.05, 0) is 55.8 Å². The van der Waals surface area contributed by atoms with E-state index in [2.05, 4.69) is 15.6 Å². The second kappa shape index (κ2) is 8.90. The molecule has 1 aromatic heterocycles. The highest BCUT2D eigenvalue weighted by atomic mass is 16.5. The standard InChI is InChI=1S/C22H23N3O3/c1-15-4-8-18(9-5-15)28-14-22(26)25-21-11-7-17(13-23-21)24-19-12-16(2)6-10-20(19)27-3/h4-13,24H,14H2,1-3H3,(H,23,25,26). The first kappa shape index (κ1) is 19.2. The Labute approximate surface area is 164 Å². The van der Waals surface area contributed by atoms with Crippen molar-refractivity contribution in [2.45, 2.75) is 13.8 Å². The van der Waals surface area contributed by atoms with Crippen molar-refractivity contribution in [3.63, 3.8) is 0 Å². The normalized spacial score (nSPS) is 10.2. The molecule has 0 unspecified atom stereocenters. The summed E-state index contributed by atoms with van der Waals surface area (Å²) in [6, 6.07) is 17.0. The number of aromatic nitrogens is 1. The van der Waals surface area contributed by atoms with Gasteiger partial charge in [0.2, 0.25) is 0 Å². The molecule has 0 spiro atoms. The van der Waals surface area contributed by atoms with E-state index < -0.39 is 0 Å². The van der Waals surface area contributed by atoms with Crippen LogP contribution >= 0.6 is 0 Å². The minimum absolute atomic E-state index is 0.0781. The number of aryl methyl sites for hydroxylation is 2. The van der Waals surface area contributed by atoms with Crippen LogP contribution in [0.1, 0.15) is 11.1 Å². The number of nitrogens with one attached hydrogen (secondary N) is 2. The molecule has 0 fully saturated rings. The fraction of sp³-hybridized carbons (Fsp3) is 0.182. The van der Waals surface area contributed by atoms with Crippen molar-refractivity contribution in [3.8, 4) is 11.5 Å². The quantitative estimate of drug-likeness (QED) is 0.636. The lowest BCUT2D eigenvalue weighted by Gasteiger charge is -2.12. The second-order valence-electron chi connectivity index (χ2n) is 6.41. The molecule has 6 nitrogen and oxygen atoms in total. The summed E-state index contributed by atoms with van der Waals surface area (Å²) in [6.07, 6.45) is 1.65. The summed E-state index contributed by atoms with van der Waals surface area (Å²) >= 11 is 0. The van der Waals surface area contributed by atoms with E-state index in [0.29, 0.717) is 11.6 Å². The van der Waals surface area contributed by atoms with Crippen LogP contribution in [0.2, 0.25) is 0 Å². The van der Waals surface area contributed by atoms with Crippen molar-refractivity contribution in [3.05, 3.63) is 71.9 Å². The highest BCUT2D eigenvalue weighted by molar-refractivity contribution is 5.91. The molecule has 3 rings (SSSR count). The molecule has 0 aliphatic heterocycles. The Bertz CT molecular complexity index is 938. The maximum absolute atomic E-state index is 12.0. The molecule has 1 amide bonds. The van der Waals surface area contributed by atoms with Crippen LogP contribution < -0.4 is 20.1 Å². The van der Waals surface area contributed by atoms with E-state index in [1.165, 1.54) is 0 Å². The maximum Gasteiger partial charge on any atom is 0.263 e. The molecule has 1 heterocycles. The Morgan fingerprint density at radius 2 is 1.75 bits per heavy atom. The molecule has 2 N–H and O–H groups in total. The van der Waals surface area contributed by atoms with Crippen LogP contribution in [0.5, 0.6) is 11.5 Å². The van der Waals surface area contributed by atoms with E-state index in [1.54, 1.807) is 19.4 Å². The van der Waals surface area contributed by atoms with Gasteiger partial charge in [0.05, 0.1) is 24.7 Å². The van der Waals surface area contributed by atoms with Crippen LogP contribution in [0, 0.1) is 13.8 Å². The van der Waals surface area contributed by atoms with Gasteiger partial charge in [0.1, 0.15) is 17.3 Å².